The summed E-state index contributed by atoms with van der Waals surface area (Å²) in [6.07, 6.45) is 8.96. The summed E-state index contributed by atoms with van der Waals surface area (Å²) < 4.78 is 11.1. The van der Waals surface area contributed by atoms with E-state index in [1.165, 1.54) is 18.4 Å². The fourth-order valence-corrected chi connectivity index (χ4v) is 2.90. The van der Waals surface area contributed by atoms with Crippen LogP contribution < -0.4 is 11.3 Å². The Labute approximate surface area is 102 Å². The molecule has 1 aliphatic rings. The fraction of sp³-hybridized carbons (Fsp3) is 0.692. The molecule has 0 aromatic carbocycles. The fourth-order valence-electron chi connectivity index (χ4n) is 2.90. The van der Waals surface area contributed by atoms with Crippen molar-refractivity contribution < 1.29 is 9.15 Å². The van der Waals surface area contributed by atoms with Crippen LogP contribution in [-0.4, -0.2) is 18.2 Å². The molecule has 0 amide bonds. The number of hydrazine groups is 1. The second-order valence-electron chi connectivity index (χ2n) is 4.76. The first-order chi connectivity index (χ1) is 8.30. The number of rotatable bonds is 6. The van der Waals surface area contributed by atoms with Crippen LogP contribution in [-0.2, 0) is 11.2 Å². The number of nitrogens with one attached hydrogen (secondary N) is 1. The van der Waals surface area contributed by atoms with Crippen LogP contribution in [0.25, 0.3) is 0 Å². The Morgan fingerprint density at radius 3 is 2.82 bits per heavy atom. The summed E-state index contributed by atoms with van der Waals surface area (Å²) in [5.74, 6) is 5.72. The zero-order valence-corrected chi connectivity index (χ0v) is 10.4. The summed E-state index contributed by atoms with van der Waals surface area (Å²) in [4.78, 5) is 0. The third-order valence-corrected chi connectivity index (χ3v) is 3.74. The van der Waals surface area contributed by atoms with E-state index in [9.17, 15) is 0 Å². The van der Waals surface area contributed by atoms with Crippen LogP contribution in [0.4, 0.5) is 0 Å². The normalized spacial score (nSPS) is 20.6. The average Bonchev–Trinajstić information content (AvgIpc) is 2.97. The van der Waals surface area contributed by atoms with Crippen molar-refractivity contribution in [1.29, 1.82) is 0 Å². The van der Waals surface area contributed by atoms with Gasteiger partial charge in [-0.1, -0.05) is 12.8 Å². The monoisotopic (exact) mass is 238 g/mol. The molecule has 0 radical (unpaired) electrons. The largest absolute Gasteiger partial charge is 0.472 e. The third-order valence-electron chi connectivity index (χ3n) is 3.74. The van der Waals surface area contributed by atoms with Crippen LogP contribution >= 0.6 is 0 Å². The van der Waals surface area contributed by atoms with Gasteiger partial charge in [0.25, 0.3) is 0 Å². The van der Waals surface area contributed by atoms with Crippen LogP contribution in [0.2, 0.25) is 0 Å². The Kier molecular flexibility index (Phi) is 4.20. The highest BCUT2D eigenvalue weighted by Gasteiger charge is 2.41. The molecule has 0 saturated heterocycles. The van der Waals surface area contributed by atoms with Crippen LogP contribution in [0, 0.1) is 0 Å². The molecule has 0 spiro atoms. The van der Waals surface area contributed by atoms with Crippen LogP contribution in [0.3, 0.4) is 0 Å². The molecular formula is C13H22N2O2. The van der Waals surface area contributed by atoms with E-state index in [2.05, 4.69) is 5.43 Å². The number of ether oxygens (including phenoxy) is 1. The van der Waals surface area contributed by atoms with Gasteiger partial charge in [0.15, 0.2) is 0 Å². The van der Waals surface area contributed by atoms with E-state index in [-0.39, 0.29) is 11.6 Å². The minimum atomic E-state index is -0.0965. The third kappa shape index (κ3) is 2.70. The Hall–Kier alpha value is -0.840. The highest BCUT2D eigenvalue weighted by atomic mass is 16.5. The van der Waals surface area contributed by atoms with Gasteiger partial charge in [-0.15, -0.1) is 0 Å². The Morgan fingerprint density at radius 1 is 1.53 bits per heavy atom. The van der Waals surface area contributed by atoms with Gasteiger partial charge in [-0.05, 0) is 37.8 Å². The van der Waals surface area contributed by atoms with Gasteiger partial charge in [0.2, 0.25) is 0 Å². The summed E-state index contributed by atoms with van der Waals surface area (Å²) >= 11 is 0. The molecule has 1 fully saturated rings. The van der Waals surface area contributed by atoms with Crippen molar-refractivity contribution in [2.45, 2.75) is 50.7 Å². The molecule has 1 aromatic heterocycles. The van der Waals surface area contributed by atoms with Gasteiger partial charge < -0.3 is 9.15 Å². The molecule has 1 unspecified atom stereocenters. The van der Waals surface area contributed by atoms with Crippen molar-refractivity contribution in [2.75, 3.05) is 6.61 Å². The molecule has 1 aliphatic carbocycles. The maximum Gasteiger partial charge on any atom is 0.0935 e. The molecule has 96 valence electrons. The maximum absolute atomic E-state index is 6.02. The van der Waals surface area contributed by atoms with Gasteiger partial charge in [0, 0.05) is 6.61 Å². The van der Waals surface area contributed by atoms with Gasteiger partial charge >= 0.3 is 0 Å². The minimum Gasteiger partial charge on any atom is -0.472 e. The molecule has 4 heteroatoms. The summed E-state index contributed by atoms with van der Waals surface area (Å²) in [6.45, 7) is 2.79. The quantitative estimate of drug-likeness (QED) is 0.588. The van der Waals surface area contributed by atoms with Crippen molar-refractivity contribution in [3.05, 3.63) is 24.2 Å². The summed E-state index contributed by atoms with van der Waals surface area (Å²) in [6, 6.07) is 2.14. The first kappa shape index (κ1) is 12.6. The standard InChI is InChI=1S/C13H22N2O2/c1-2-17-13(6-3-4-7-13)12(15-14)9-11-5-8-16-10-11/h5,8,10,12,15H,2-4,6-7,9,14H2,1H3. The Balaban J connectivity index is 2.09. The number of nitrogens with two attached hydrogens (primary N) is 1. The van der Waals surface area contributed by atoms with Crippen molar-refractivity contribution in [2.24, 2.45) is 5.84 Å². The topological polar surface area (TPSA) is 60.4 Å². The summed E-state index contributed by atoms with van der Waals surface area (Å²) in [5.41, 5.74) is 4.01. The second-order valence-corrected chi connectivity index (χ2v) is 4.76. The zero-order valence-electron chi connectivity index (χ0n) is 10.4. The lowest BCUT2D eigenvalue weighted by Crippen LogP contribution is -2.54. The number of furan rings is 1. The molecule has 1 atom stereocenters. The van der Waals surface area contributed by atoms with E-state index in [4.69, 9.17) is 15.0 Å². The average molecular weight is 238 g/mol. The van der Waals surface area contributed by atoms with Gasteiger partial charge in [-0.2, -0.15) is 0 Å². The lowest BCUT2D eigenvalue weighted by atomic mass is 9.88. The van der Waals surface area contributed by atoms with Crippen molar-refractivity contribution >= 4 is 0 Å². The van der Waals surface area contributed by atoms with E-state index >= 15 is 0 Å². The van der Waals surface area contributed by atoms with Gasteiger partial charge in [0.05, 0.1) is 24.2 Å². The molecule has 2 rings (SSSR count). The minimum absolute atomic E-state index is 0.0965. The lowest BCUT2D eigenvalue weighted by molar-refractivity contribution is -0.0613. The van der Waals surface area contributed by atoms with E-state index in [0.29, 0.717) is 0 Å². The molecule has 1 heterocycles. The number of hydrogen-bond acceptors (Lipinski definition) is 4. The van der Waals surface area contributed by atoms with Crippen molar-refractivity contribution in [1.82, 2.24) is 5.43 Å². The summed E-state index contributed by atoms with van der Waals surface area (Å²) in [5, 5.41) is 0. The molecule has 3 N–H and O–H groups in total. The SMILES string of the molecule is CCOC1(C(Cc2ccoc2)NN)CCCC1. The van der Waals surface area contributed by atoms with Crippen LogP contribution in [0.1, 0.15) is 38.2 Å². The molecule has 17 heavy (non-hydrogen) atoms. The molecule has 0 aliphatic heterocycles. The van der Waals surface area contributed by atoms with Crippen molar-refractivity contribution in [3.63, 3.8) is 0 Å². The van der Waals surface area contributed by atoms with Gasteiger partial charge in [-0.3, -0.25) is 11.3 Å². The van der Waals surface area contributed by atoms with E-state index < -0.39 is 0 Å². The van der Waals surface area contributed by atoms with E-state index in [0.717, 1.165) is 25.9 Å². The predicted molar refractivity (Wildman–Crippen MR) is 66.3 cm³/mol. The Morgan fingerprint density at radius 2 is 2.29 bits per heavy atom. The van der Waals surface area contributed by atoms with Crippen molar-refractivity contribution in [3.8, 4) is 0 Å². The lowest BCUT2D eigenvalue weighted by Gasteiger charge is -2.36. The molecule has 4 nitrogen and oxygen atoms in total. The molecular weight excluding hydrogens is 216 g/mol. The Bertz CT molecular complexity index is 318. The van der Waals surface area contributed by atoms with Crippen LogP contribution in [0.15, 0.2) is 23.0 Å². The van der Waals surface area contributed by atoms with Gasteiger partial charge in [0.1, 0.15) is 0 Å². The van der Waals surface area contributed by atoms with Crippen LogP contribution in [0.5, 0.6) is 0 Å². The number of hydrogen-bond donors (Lipinski definition) is 2. The van der Waals surface area contributed by atoms with Gasteiger partial charge in [-0.25, -0.2) is 0 Å². The molecule has 1 saturated carbocycles. The summed E-state index contributed by atoms with van der Waals surface area (Å²) in [7, 11) is 0. The predicted octanol–water partition coefficient (Wildman–Crippen LogP) is 2.00. The highest BCUT2D eigenvalue weighted by Crippen LogP contribution is 2.37. The first-order valence-corrected chi connectivity index (χ1v) is 6.42. The zero-order chi connectivity index (χ0) is 12.1. The molecule has 0 bridgehead atoms. The van der Waals surface area contributed by atoms with E-state index in [1.807, 2.05) is 13.0 Å². The maximum atomic E-state index is 6.02. The van der Waals surface area contributed by atoms with E-state index in [1.54, 1.807) is 12.5 Å². The first-order valence-electron chi connectivity index (χ1n) is 6.42. The highest BCUT2D eigenvalue weighted by molar-refractivity contribution is 5.11. The molecule has 1 aromatic rings. The smallest absolute Gasteiger partial charge is 0.0935 e. The second kappa shape index (κ2) is 5.67.